The number of nitrogens with zero attached hydrogens (tertiary/aromatic N) is 4. The second-order valence-electron chi connectivity index (χ2n) is 6.33. The monoisotopic (exact) mass is 387 g/mol. The van der Waals surface area contributed by atoms with Gasteiger partial charge in [0.2, 0.25) is 11.9 Å². The van der Waals surface area contributed by atoms with E-state index in [-0.39, 0.29) is 35.5 Å². The maximum absolute atomic E-state index is 11.9. The minimum atomic E-state index is -0.714. The van der Waals surface area contributed by atoms with Gasteiger partial charge in [-0.15, -0.1) is 21.5 Å². The first-order valence-corrected chi connectivity index (χ1v) is 9.33. The zero-order valence-electron chi connectivity index (χ0n) is 15.1. The molecule has 2 aromatic rings. The Labute approximate surface area is 160 Å². The highest BCUT2D eigenvalue weighted by atomic mass is 32.1. The van der Waals surface area contributed by atoms with E-state index in [1.54, 1.807) is 4.90 Å². The third-order valence-corrected chi connectivity index (χ3v) is 5.38. The minimum Gasteiger partial charge on any atom is -0.364 e. The molecule has 2 aromatic heterocycles. The number of thiophene rings is 1. The predicted octanol–water partition coefficient (Wildman–Crippen LogP) is 1.67. The lowest BCUT2D eigenvalue weighted by Gasteiger charge is -2.24. The van der Waals surface area contributed by atoms with E-state index in [1.807, 2.05) is 25.3 Å². The molecule has 142 valence electrons. The van der Waals surface area contributed by atoms with Crippen LogP contribution in [0.15, 0.2) is 24.1 Å². The first-order valence-electron chi connectivity index (χ1n) is 8.45. The number of anilines is 3. The Bertz CT molecular complexity index is 882. The fourth-order valence-electron chi connectivity index (χ4n) is 2.98. The molecule has 3 rings (SSSR count). The van der Waals surface area contributed by atoms with Crippen molar-refractivity contribution < 1.29 is 9.59 Å². The highest BCUT2D eigenvalue weighted by Crippen LogP contribution is 2.26. The highest BCUT2D eigenvalue weighted by molar-refractivity contribution is 7.14. The summed E-state index contributed by atoms with van der Waals surface area (Å²) in [4.78, 5) is 29.6. The molecule has 0 spiro atoms. The van der Waals surface area contributed by atoms with Gasteiger partial charge in [0, 0.05) is 12.6 Å². The number of amides is 2. The molecule has 2 amide bonds. The average Bonchev–Trinajstić information content (AvgIpc) is 3.20. The summed E-state index contributed by atoms with van der Waals surface area (Å²) in [5, 5.41) is 16.9. The fourth-order valence-corrected chi connectivity index (χ4v) is 3.77. The predicted molar refractivity (Wildman–Crippen MR) is 104 cm³/mol. The van der Waals surface area contributed by atoms with Crippen LogP contribution in [0.25, 0.3) is 0 Å². The lowest BCUT2D eigenvalue weighted by Crippen LogP contribution is -2.39. The lowest BCUT2D eigenvalue weighted by molar-refractivity contribution is -0.126. The van der Waals surface area contributed by atoms with Crippen LogP contribution >= 0.6 is 11.3 Å². The number of hydrogen-bond acceptors (Lipinski definition) is 8. The molecule has 27 heavy (non-hydrogen) atoms. The number of nitrogens with one attached hydrogen (secondary N) is 2. The van der Waals surface area contributed by atoms with Crippen molar-refractivity contribution in [1.82, 2.24) is 20.1 Å². The van der Waals surface area contributed by atoms with Crippen molar-refractivity contribution in [3.05, 3.63) is 35.4 Å². The molecule has 1 fully saturated rings. The molecule has 1 saturated heterocycles. The van der Waals surface area contributed by atoms with Gasteiger partial charge in [0.15, 0.2) is 11.5 Å². The summed E-state index contributed by atoms with van der Waals surface area (Å²) in [5.41, 5.74) is 6.44. The second kappa shape index (κ2) is 7.70. The normalized spacial score (nSPS) is 19.0. The zero-order valence-corrected chi connectivity index (χ0v) is 15.9. The number of carbonyl (C=O) groups is 2. The third kappa shape index (κ3) is 4.05. The van der Waals surface area contributed by atoms with Gasteiger partial charge in [-0.2, -0.15) is 4.98 Å². The Morgan fingerprint density at radius 3 is 2.85 bits per heavy atom. The number of primary amides is 1. The van der Waals surface area contributed by atoms with E-state index in [0.717, 1.165) is 17.0 Å². The smallest absolute Gasteiger partial charge is 0.273 e. The molecule has 2 atom stereocenters. The Kier molecular flexibility index (Phi) is 5.36. The van der Waals surface area contributed by atoms with Gasteiger partial charge < -0.3 is 21.3 Å². The topological polar surface area (TPSA) is 126 Å². The van der Waals surface area contributed by atoms with Crippen molar-refractivity contribution in [2.45, 2.75) is 32.4 Å². The van der Waals surface area contributed by atoms with E-state index in [2.05, 4.69) is 32.4 Å². The summed E-state index contributed by atoms with van der Waals surface area (Å²) in [6.07, 6.45) is 2.05. The van der Waals surface area contributed by atoms with Gasteiger partial charge in [0.1, 0.15) is 0 Å². The second-order valence-corrected chi connectivity index (χ2v) is 7.24. The maximum Gasteiger partial charge on any atom is 0.273 e. The molecule has 0 saturated carbocycles. The van der Waals surface area contributed by atoms with E-state index >= 15 is 0 Å². The summed E-state index contributed by atoms with van der Waals surface area (Å²) in [7, 11) is 0. The van der Waals surface area contributed by atoms with Crippen molar-refractivity contribution in [1.29, 1.82) is 0 Å². The van der Waals surface area contributed by atoms with Crippen LogP contribution in [0.1, 0.15) is 29.4 Å². The van der Waals surface area contributed by atoms with E-state index in [1.165, 1.54) is 17.4 Å². The van der Waals surface area contributed by atoms with Crippen LogP contribution in [0.2, 0.25) is 0 Å². The molecule has 0 radical (unpaired) electrons. The molecular formula is C17H21N7O2S. The van der Waals surface area contributed by atoms with E-state index in [4.69, 9.17) is 5.73 Å². The standard InChI is InChI=1S/C17H21N7O2S/c1-4-13(25)24-6-5-11(10(24)3)19-17-21-16(14(15(18)26)22-23-17)20-12-7-9(2)8-27-12/h4,7-8,10-11H,1,5-6H2,2-3H3,(H2,18,26)(H2,19,20,21,23)/t10-,11-/m1/s1. The number of aryl methyl sites for hydroxylation is 1. The average molecular weight is 387 g/mol. The van der Waals surface area contributed by atoms with Gasteiger partial charge in [0.25, 0.3) is 5.91 Å². The van der Waals surface area contributed by atoms with Gasteiger partial charge in [0.05, 0.1) is 11.0 Å². The Balaban J connectivity index is 1.80. The largest absolute Gasteiger partial charge is 0.364 e. The lowest BCUT2D eigenvalue weighted by atomic mass is 10.1. The third-order valence-electron chi connectivity index (χ3n) is 4.42. The Morgan fingerprint density at radius 2 is 2.22 bits per heavy atom. The summed E-state index contributed by atoms with van der Waals surface area (Å²) >= 11 is 1.48. The molecule has 0 aromatic carbocycles. The van der Waals surface area contributed by atoms with Crippen LogP contribution in [0.4, 0.5) is 16.8 Å². The molecular weight excluding hydrogens is 366 g/mol. The molecule has 3 heterocycles. The molecule has 1 aliphatic heterocycles. The van der Waals surface area contributed by atoms with Gasteiger partial charge in [-0.05, 0) is 43.4 Å². The molecule has 1 aliphatic rings. The van der Waals surface area contributed by atoms with Crippen LogP contribution < -0.4 is 16.4 Å². The summed E-state index contributed by atoms with van der Waals surface area (Å²) in [6.45, 7) is 8.07. The molecule has 9 nitrogen and oxygen atoms in total. The van der Waals surface area contributed by atoms with Gasteiger partial charge in [-0.3, -0.25) is 9.59 Å². The van der Waals surface area contributed by atoms with Gasteiger partial charge >= 0.3 is 0 Å². The summed E-state index contributed by atoms with van der Waals surface area (Å²) < 4.78 is 0. The molecule has 4 N–H and O–H groups in total. The quantitative estimate of drug-likeness (QED) is 0.644. The van der Waals surface area contributed by atoms with Gasteiger partial charge in [-0.1, -0.05) is 6.58 Å². The van der Waals surface area contributed by atoms with Crippen LogP contribution in [0, 0.1) is 6.92 Å². The maximum atomic E-state index is 11.9. The minimum absolute atomic E-state index is 0.0328. The zero-order chi connectivity index (χ0) is 19.6. The van der Waals surface area contributed by atoms with Crippen LogP contribution in [-0.4, -0.2) is 50.5 Å². The van der Waals surface area contributed by atoms with Crippen molar-refractivity contribution in [2.75, 3.05) is 17.2 Å². The van der Waals surface area contributed by atoms with Crippen LogP contribution in [-0.2, 0) is 4.79 Å². The van der Waals surface area contributed by atoms with Crippen LogP contribution in [0.5, 0.6) is 0 Å². The summed E-state index contributed by atoms with van der Waals surface area (Å²) in [5.74, 6) is -0.313. The van der Waals surface area contributed by atoms with Gasteiger partial charge in [-0.25, -0.2) is 0 Å². The van der Waals surface area contributed by atoms with Crippen molar-refractivity contribution >= 4 is 39.9 Å². The Morgan fingerprint density at radius 1 is 1.44 bits per heavy atom. The number of nitrogens with two attached hydrogens (primary N) is 1. The molecule has 0 aliphatic carbocycles. The summed E-state index contributed by atoms with van der Waals surface area (Å²) in [6, 6.07) is 1.85. The first-order chi connectivity index (χ1) is 12.9. The number of carbonyl (C=O) groups excluding carboxylic acids is 2. The van der Waals surface area contributed by atoms with Crippen molar-refractivity contribution in [2.24, 2.45) is 5.73 Å². The molecule has 10 heteroatoms. The van der Waals surface area contributed by atoms with Crippen molar-refractivity contribution in [3.63, 3.8) is 0 Å². The Hall–Kier alpha value is -3.01. The van der Waals surface area contributed by atoms with Crippen molar-refractivity contribution in [3.8, 4) is 0 Å². The SMILES string of the molecule is C=CC(=O)N1CC[C@@H](Nc2nnc(C(N)=O)c(Nc3cc(C)cs3)n2)[C@H]1C. The van der Waals surface area contributed by atoms with E-state index in [0.29, 0.717) is 6.54 Å². The highest BCUT2D eigenvalue weighted by Gasteiger charge is 2.33. The number of aromatic nitrogens is 3. The van der Waals surface area contributed by atoms with E-state index in [9.17, 15) is 9.59 Å². The molecule has 0 unspecified atom stereocenters. The number of likely N-dealkylation sites (tertiary alicyclic amines) is 1. The number of hydrogen-bond donors (Lipinski definition) is 3. The first kappa shape index (κ1) is 18.8. The van der Waals surface area contributed by atoms with Crippen LogP contribution in [0.3, 0.4) is 0 Å². The number of rotatable bonds is 6. The fraction of sp³-hybridized carbons (Fsp3) is 0.353. The molecule has 0 bridgehead atoms. The van der Waals surface area contributed by atoms with E-state index < -0.39 is 5.91 Å².